The van der Waals surface area contributed by atoms with E-state index in [0.717, 1.165) is 4.68 Å². The van der Waals surface area contributed by atoms with Gasteiger partial charge in [0.05, 0.1) is 11.2 Å². The summed E-state index contributed by atoms with van der Waals surface area (Å²) in [5.41, 5.74) is -0.715. The summed E-state index contributed by atoms with van der Waals surface area (Å²) in [5.74, 6) is 2.09. The molecule has 7 heteroatoms. The number of carbonyl (C=O) groups excluding carboxylic acids is 1. The lowest BCUT2D eigenvalue weighted by atomic mass is 10.1. The van der Waals surface area contributed by atoms with E-state index < -0.39 is 11.6 Å². The number of halogens is 1. The predicted octanol–water partition coefficient (Wildman–Crippen LogP) is 1.24. The number of carbonyl (C=O) groups is 1. The van der Waals surface area contributed by atoms with E-state index in [1.54, 1.807) is 6.92 Å². The molecular weight excluding hydrogens is 292 g/mol. The van der Waals surface area contributed by atoms with E-state index in [1.165, 1.54) is 6.20 Å². The van der Waals surface area contributed by atoms with Crippen LogP contribution in [0.4, 0.5) is 5.69 Å². The van der Waals surface area contributed by atoms with Crippen LogP contribution in [0.5, 0.6) is 0 Å². The summed E-state index contributed by atoms with van der Waals surface area (Å²) in [7, 11) is 0. The van der Waals surface area contributed by atoms with Gasteiger partial charge in [-0.3, -0.25) is 9.59 Å². The number of anilines is 1. The Hall–Kier alpha value is -2.00. The molecule has 2 N–H and O–H groups in total. The number of nitrogens with zero attached hydrogens (tertiary/aromatic N) is 2. The fraction of sp³-hybridized carbons (Fsp3) is 0.500. The van der Waals surface area contributed by atoms with Gasteiger partial charge < -0.3 is 10.6 Å². The maximum atomic E-state index is 12.1. The zero-order chi connectivity index (χ0) is 16.2. The lowest BCUT2D eigenvalue weighted by Crippen LogP contribution is -2.47. The summed E-state index contributed by atoms with van der Waals surface area (Å²) in [6.07, 6.45) is 6.49. The molecule has 0 fully saturated rings. The molecule has 6 nitrogen and oxygen atoms in total. The van der Waals surface area contributed by atoms with E-state index in [4.69, 9.17) is 18.0 Å². The summed E-state index contributed by atoms with van der Waals surface area (Å²) >= 11 is 5.96. The van der Waals surface area contributed by atoms with E-state index in [-0.39, 0.29) is 28.7 Å². The van der Waals surface area contributed by atoms with Crippen LogP contribution < -0.4 is 16.2 Å². The maximum absolute atomic E-state index is 12.1. The highest BCUT2D eigenvalue weighted by atomic mass is 35.5. The van der Waals surface area contributed by atoms with Gasteiger partial charge in [0.2, 0.25) is 5.91 Å². The van der Waals surface area contributed by atoms with E-state index in [0.29, 0.717) is 0 Å². The minimum Gasteiger partial charge on any atom is -0.368 e. The molecule has 0 radical (unpaired) electrons. The van der Waals surface area contributed by atoms with Crippen LogP contribution in [-0.4, -0.2) is 27.3 Å². The van der Waals surface area contributed by atoms with E-state index in [9.17, 15) is 9.59 Å². The molecule has 0 aliphatic heterocycles. The Labute approximate surface area is 128 Å². The molecule has 0 saturated carbocycles. The van der Waals surface area contributed by atoms with Crippen LogP contribution in [0.25, 0.3) is 0 Å². The predicted molar refractivity (Wildman–Crippen MR) is 83.3 cm³/mol. The lowest BCUT2D eigenvalue weighted by molar-refractivity contribution is -0.122. The third kappa shape index (κ3) is 4.80. The Kier molecular flexibility index (Phi) is 5.39. The number of hydrogen-bond acceptors (Lipinski definition) is 4. The molecule has 1 aromatic rings. The van der Waals surface area contributed by atoms with Crippen molar-refractivity contribution in [2.24, 2.45) is 0 Å². The van der Waals surface area contributed by atoms with E-state index in [1.807, 2.05) is 20.8 Å². The van der Waals surface area contributed by atoms with Crippen LogP contribution in [0.15, 0.2) is 11.0 Å². The Morgan fingerprint density at radius 3 is 2.71 bits per heavy atom. The fourth-order valence-corrected chi connectivity index (χ4v) is 1.74. The Bertz CT molecular complexity index is 625. The molecule has 0 bridgehead atoms. The largest absolute Gasteiger partial charge is 0.368 e. The van der Waals surface area contributed by atoms with Gasteiger partial charge in [-0.1, -0.05) is 17.5 Å². The Balaban J connectivity index is 2.98. The van der Waals surface area contributed by atoms with Gasteiger partial charge in [0.25, 0.3) is 5.56 Å². The number of aromatic nitrogens is 2. The van der Waals surface area contributed by atoms with Gasteiger partial charge >= 0.3 is 0 Å². The van der Waals surface area contributed by atoms with Crippen molar-refractivity contribution < 1.29 is 4.79 Å². The highest BCUT2D eigenvalue weighted by molar-refractivity contribution is 6.33. The fourth-order valence-electron chi connectivity index (χ4n) is 1.56. The van der Waals surface area contributed by atoms with Gasteiger partial charge in [-0.25, -0.2) is 4.68 Å². The van der Waals surface area contributed by atoms with Crippen molar-refractivity contribution >= 4 is 23.2 Å². The Morgan fingerprint density at radius 2 is 2.19 bits per heavy atom. The van der Waals surface area contributed by atoms with Gasteiger partial charge in [-0.2, -0.15) is 5.10 Å². The van der Waals surface area contributed by atoms with Crippen molar-refractivity contribution in [3.8, 4) is 12.3 Å². The molecule has 0 spiro atoms. The molecule has 1 amide bonds. The molecule has 0 saturated heterocycles. The maximum Gasteiger partial charge on any atom is 0.292 e. The average molecular weight is 311 g/mol. The second kappa shape index (κ2) is 6.64. The first-order valence-electron chi connectivity index (χ1n) is 6.43. The molecule has 1 rings (SSSR count). The number of rotatable bonds is 4. The van der Waals surface area contributed by atoms with E-state index >= 15 is 0 Å². The molecule has 1 unspecified atom stereocenters. The average Bonchev–Trinajstić information content (AvgIpc) is 2.35. The molecule has 1 aromatic heterocycles. The second-order valence-electron chi connectivity index (χ2n) is 5.64. The smallest absolute Gasteiger partial charge is 0.292 e. The topological polar surface area (TPSA) is 76.0 Å². The molecule has 0 aliphatic carbocycles. The number of terminal acetylenes is 1. The van der Waals surface area contributed by atoms with Crippen molar-refractivity contribution in [2.75, 3.05) is 5.32 Å². The summed E-state index contributed by atoms with van der Waals surface area (Å²) < 4.78 is 1.10. The van der Waals surface area contributed by atoms with Crippen molar-refractivity contribution in [2.45, 2.75) is 45.8 Å². The monoisotopic (exact) mass is 310 g/mol. The highest BCUT2D eigenvalue weighted by Crippen LogP contribution is 2.16. The first kappa shape index (κ1) is 17.1. The first-order chi connectivity index (χ1) is 9.65. The minimum atomic E-state index is -0.629. The van der Waals surface area contributed by atoms with Crippen LogP contribution >= 0.6 is 11.6 Å². The van der Waals surface area contributed by atoms with Crippen LogP contribution in [0, 0.1) is 12.3 Å². The van der Waals surface area contributed by atoms with Gasteiger partial charge in [0.15, 0.2) is 0 Å². The second-order valence-corrected chi connectivity index (χ2v) is 6.05. The summed E-state index contributed by atoms with van der Waals surface area (Å²) in [6.45, 7) is 7.29. The van der Waals surface area contributed by atoms with Crippen molar-refractivity contribution in [1.82, 2.24) is 15.1 Å². The third-order valence-electron chi connectivity index (χ3n) is 2.49. The minimum absolute atomic E-state index is 0.0350. The van der Waals surface area contributed by atoms with Crippen molar-refractivity contribution in [3.63, 3.8) is 0 Å². The van der Waals surface area contributed by atoms with Gasteiger partial charge in [0.1, 0.15) is 18.3 Å². The van der Waals surface area contributed by atoms with Crippen LogP contribution in [0.2, 0.25) is 5.02 Å². The normalized spacial score (nSPS) is 12.4. The lowest BCUT2D eigenvalue weighted by Gasteiger charge is -2.24. The number of hydrogen-bond donors (Lipinski definition) is 2. The van der Waals surface area contributed by atoms with Crippen LogP contribution in [0.1, 0.15) is 27.7 Å². The molecule has 0 aliphatic rings. The summed E-state index contributed by atoms with van der Waals surface area (Å²) in [5, 5.41) is 9.60. The quantitative estimate of drug-likeness (QED) is 0.821. The summed E-state index contributed by atoms with van der Waals surface area (Å²) in [6, 6.07) is -0.629. The van der Waals surface area contributed by atoms with E-state index in [2.05, 4.69) is 21.7 Å². The molecule has 21 heavy (non-hydrogen) atoms. The third-order valence-corrected chi connectivity index (χ3v) is 2.78. The molecule has 114 valence electrons. The number of amides is 1. The molecule has 1 atom stereocenters. The zero-order valence-corrected chi connectivity index (χ0v) is 13.3. The Morgan fingerprint density at radius 1 is 1.57 bits per heavy atom. The summed E-state index contributed by atoms with van der Waals surface area (Å²) in [4.78, 5) is 24.2. The van der Waals surface area contributed by atoms with Crippen molar-refractivity contribution in [1.29, 1.82) is 0 Å². The standard InChI is InChI=1S/C14H19ClN4O2/c1-6-7-19-13(21)11(10(15)8-16-19)17-9(2)12(20)18-14(3,4)5/h1,8-9,17H,7H2,2-5H3,(H,18,20). The first-order valence-corrected chi connectivity index (χ1v) is 6.81. The van der Waals surface area contributed by atoms with Crippen LogP contribution in [-0.2, 0) is 11.3 Å². The SMILES string of the molecule is C#CCn1ncc(Cl)c(NC(C)C(=O)NC(C)(C)C)c1=O. The van der Waals surface area contributed by atoms with Crippen molar-refractivity contribution in [3.05, 3.63) is 21.6 Å². The van der Waals surface area contributed by atoms with Gasteiger partial charge in [-0.05, 0) is 27.7 Å². The number of nitrogens with one attached hydrogen (secondary N) is 2. The molecular formula is C14H19ClN4O2. The molecule has 0 aromatic carbocycles. The zero-order valence-electron chi connectivity index (χ0n) is 12.5. The van der Waals surface area contributed by atoms with Gasteiger partial charge in [-0.15, -0.1) is 6.42 Å². The molecule has 1 heterocycles. The van der Waals surface area contributed by atoms with Crippen LogP contribution in [0.3, 0.4) is 0 Å². The highest BCUT2D eigenvalue weighted by Gasteiger charge is 2.21. The van der Waals surface area contributed by atoms with Gasteiger partial charge in [0, 0.05) is 5.54 Å².